The predicted octanol–water partition coefficient (Wildman–Crippen LogP) is -0.590. The van der Waals surface area contributed by atoms with Crippen molar-refractivity contribution in [3.05, 3.63) is 0 Å². The first kappa shape index (κ1) is 15.3. The van der Waals surface area contributed by atoms with E-state index in [-0.39, 0.29) is 18.4 Å². The van der Waals surface area contributed by atoms with E-state index >= 15 is 0 Å². The van der Waals surface area contributed by atoms with Gasteiger partial charge in [-0.15, -0.1) is 0 Å². The lowest BCUT2D eigenvalue weighted by atomic mass is 10.1. The van der Waals surface area contributed by atoms with Crippen LogP contribution in [0.3, 0.4) is 0 Å². The number of carbonyl (C=O) groups excluding carboxylic acids is 2. The lowest BCUT2D eigenvalue weighted by molar-refractivity contribution is -0.137. The van der Waals surface area contributed by atoms with E-state index < -0.39 is 0 Å². The van der Waals surface area contributed by atoms with Crippen LogP contribution in [0.15, 0.2) is 0 Å². The molecule has 6 heteroatoms. The molecular weight excluding hydrogens is 256 g/mol. The average Bonchev–Trinajstić information content (AvgIpc) is 2.47. The molecule has 2 amide bonds. The van der Waals surface area contributed by atoms with Gasteiger partial charge >= 0.3 is 0 Å². The lowest BCUT2D eigenvalue weighted by Gasteiger charge is -2.27. The second-order valence-electron chi connectivity index (χ2n) is 5.57. The summed E-state index contributed by atoms with van der Waals surface area (Å²) in [7, 11) is 0. The van der Waals surface area contributed by atoms with Crippen molar-refractivity contribution in [2.24, 2.45) is 0 Å². The van der Waals surface area contributed by atoms with Gasteiger partial charge in [-0.3, -0.25) is 9.59 Å². The summed E-state index contributed by atoms with van der Waals surface area (Å²) in [5, 5.41) is 6.24. The number of nitrogens with one attached hydrogen (secondary N) is 2. The summed E-state index contributed by atoms with van der Waals surface area (Å²) in [5.41, 5.74) is 0. The van der Waals surface area contributed by atoms with E-state index in [1.807, 2.05) is 0 Å². The van der Waals surface area contributed by atoms with Crippen molar-refractivity contribution >= 4 is 11.8 Å². The first-order valence-electron chi connectivity index (χ1n) is 7.73. The van der Waals surface area contributed by atoms with Gasteiger partial charge in [-0.05, 0) is 25.8 Å². The molecule has 2 rings (SSSR count). The van der Waals surface area contributed by atoms with Crippen molar-refractivity contribution < 1.29 is 9.59 Å². The van der Waals surface area contributed by atoms with E-state index in [0.29, 0.717) is 13.0 Å². The fourth-order valence-electron chi connectivity index (χ4n) is 2.72. The molecule has 0 aromatic heterocycles. The van der Waals surface area contributed by atoms with Crippen LogP contribution in [0.2, 0.25) is 0 Å². The molecule has 0 saturated carbocycles. The summed E-state index contributed by atoms with van der Waals surface area (Å²) < 4.78 is 0. The van der Waals surface area contributed by atoms with Crippen LogP contribution in [0.1, 0.15) is 25.7 Å². The lowest BCUT2D eigenvalue weighted by Crippen LogP contribution is -2.45. The molecule has 0 unspecified atom stereocenters. The summed E-state index contributed by atoms with van der Waals surface area (Å²) >= 11 is 0. The molecule has 20 heavy (non-hydrogen) atoms. The Hall–Kier alpha value is -1.14. The first-order chi connectivity index (χ1) is 9.75. The van der Waals surface area contributed by atoms with Gasteiger partial charge < -0.3 is 20.4 Å². The zero-order valence-corrected chi connectivity index (χ0v) is 12.2. The summed E-state index contributed by atoms with van der Waals surface area (Å²) in [6, 6.07) is 0. The van der Waals surface area contributed by atoms with E-state index in [1.54, 1.807) is 4.90 Å². The number of piperazine rings is 1. The maximum absolute atomic E-state index is 11.8. The molecule has 2 fully saturated rings. The number of hydrogen-bond acceptors (Lipinski definition) is 4. The number of nitrogens with zero attached hydrogens (tertiary/aromatic N) is 2. The smallest absolute Gasteiger partial charge is 0.239 e. The molecule has 0 spiro atoms. The number of piperidine rings is 1. The molecule has 114 valence electrons. The zero-order chi connectivity index (χ0) is 14.2. The van der Waals surface area contributed by atoms with Gasteiger partial charge in [0.05, 0.1) is 6.54 Å². The van der Waals surface area contributed by atoms with Crippen LogP contribution in [-0.4, -0.2) is 74.0 Å². The summed E-state index contributed by atoms with van der Waals surface area (Å²) in [4.78, 5) is 27.5. The summed E-state index contributed by atoms with van der Waals surface area (Å²) in [6.45, 7) is 6.99. The molecule has 2 heterocycles. The van der Waals surface area contributed by atoms with Crippen molar-refractivity contribution in [1.29, 1.82) is 0 Å². The van der Waals surface area contributed by atoms with E-state index in [0.717, 1.165) is 58.5 Å². The first-order valence-corrected chi connectivity index (χ1v) is 7.73. The van der Waals surface area contributed by atoms with Crippen molar-refractivity contribution in [2.45, 2.75) is 25.7 Å². The maximum Gasteiger partial charge on any atom is 0.239 e. The third-order valence-corrected chi connectivity index (χ3v) is 3.94. The Morgan fingerprint density at radius 1 is 1.20 bits per heavy atom. The second-order valence-corrected chi connectivity index (χ2v) is 5.57. The Balaban J connectivity index is 1.54. The predicted molar refractivity (Wildman–Crippen MR) is 77.4 cm³/mol. The molecule has 2 aliphatic rings. The van der Waals surface area contributed by atoms with Crippen LogP contribution in [-0.2, 0) is 9.59 Å². The molecule has 0 bridgehead atoms. The highest BCUT2D eigenvalue weighted by molar-refractivity contribution is 5.85. The minimum atomic E-state index is -0.0273. The van der Waals surface area contributed by atoms with E-state index in [9.17, 15) is 9.59 Å². The largest absolute Gasteiger partial charge is 0.355 e. The van der Waals surface area contributed by atoms with Crippen molar-refractivity contribution in [3.63, 3.8) is 0 Å². The SMILES string of the molecule is O=C(CN1CCCCC1=O)NCCCN1CCNCC1. The quantitative estimate of drug-likeness (QED) is 0.639. The molecule has 2 aliphatic heterocycles. The van der Waals surface area contributed by atoms with E-state index in [1.165, 1.54) is 0 Å². The molecule has 6 nitrogen and oxygen atoms in total. The van der Waals surface area contributed by atoms with Crippen LogP contribution in [0.25, 0.3) is 0 Å². The minimum Gasteiger partial charge on any atom is -0.355 e. The third-order valence-electron chi connectivity index (χ3n) is 3.94. The maximum atomic E-state index is 11.8. The highest BCUT2D eigenvalue weighted by Crippen LogP contribution is 2.09. The van der Waals surface area contributed by atoms with Gasteiger partial charge in [-0.2, -0.15) is 0 Å². The van der Waals surface area contributed by atoms with Crippen LogP contribution >= 0.6 is 0 Å². The number of likely N-dealkylation sites (tertiary alicyclic amines) is 1. The van der Waals surface area contributed by atoms with Gasteiger partial charge in [0.1, 0.15) is 0 Å². The Bertz CT molecular complexity index is 329. The number of hydrogen-bond donors (Lipinski definition) is 2. The number of rotatable bonds is 6. The molecule has 0 aromatic carbocycles. The standard InChI is InChI=1S/C14H26N4O2/c19-13(12-18-9-2-1-4-14(18)20)16-5-3-8-17-10-6-15-7-11-17/h15H,1-12H2,(H,16,19). The molecule has 0 aromatic rings. The number of amides is 2. The zero-order valence-electron chi connectivity index (χ0n) is 12.2. The molecule has 0 atom stereocenters. The van der Waals surface area contributed by atoms with E-state index in [4.69, 9.17) is 0 Å². The normalized spacial score (nSPS) is 21.0. The van der Waals surface area contributed by atoms with Gasteiger partial charge in [0.25, 0.3) is 0 Å². The third kappa shape index (κ3) is 5.09. The Morgan fingerprint density at radius 3 is 2.75 bits per heavy atom. The van der Waals surface area contributed by atoms with Crippen molar-refractivity contribution in [1.82, 2.24) is 20.4 Å². The highest BCUT2D eigenvalue weighted by atomic mass is 16.2. The van der Waals surface area contributed by atoms with Crippen LogP contribution in [0.5, 0.6) is 0 Å². The second kappa shape index (κ2) is 8.21. The summed E-state index contributed by atoms with van der Waals surface area (Å²) in [6.07, 6.45) is 3.54. The monoisotopic (exact) mass is 282 g/mol. The van der Waals surface area contributed by atoms with Gasteiger partial charge in [-0.1, -0.05) is 0 Å². The number of carbonyl (C=O) groups is 2. The Kier molecular flexibility index (Phi) is 6.26. The summed E-state index contributed by atoms with van der Waals surface area (Å²) in [5.74, 6) is 0.0905. The van der Waals surface area contributed by atoms with Gasteiger partial charge in [0.15, 0.2) is 0 Å². The molecular formula is C14H26N4O2. The van der Waals surface area contributed by atoms with Crippen LogP contribution in [0.4, 0.5) is 0 Å². The molecule has 2 saturated heterocycles. The van der Waals surface area contributed by atoms with Crippen molar-refractivity contribution in [3.8, 4) is 0 Å². The van der Waals surface area contributed by atoms with Crippen LogP contribution in [0, 0.1) is 0 Å². The molecule has 2 N–H and O–H groups in total. The Labute approximate surface area is 120 Å². The van der Waals surface area contributed by atoms with Crippen molar-refractivity contribution in [2.75, 3.05) is 52.4 Å². The topological polar surface area (TPSA) is 64.7 Å². The highest BCUT2D eigenvalue weighted by Gasteiger charge is 2.20. The minimum absolute atomic E-state index is 0.0273. The molecule has 0 aliphatic carbocycles. The van der Waals surface area contributed by atoms with Gasteiger partial charge in [0, 0.05) is 45.7 Å². The fraction of sp³-hybridized carbons (Fsp3) is 0.857. The Morgan fingerprint density at radius 2 is 2.00 bits per heavy atom. The average molecular weight is 282 g/mol. The van der Waals surface area contributed by atoms with Gasteiger partial charge in [0.2, 0.25) is 11.8 Å². The van der Waals surface area contributed by atoms with Crippen LogP contribution < -0.4 is 10.6 Å². The fourth-order valence-corrected chi connectivity index (χ4v) is 2.72. The van der Waals surface area contributed by atoms with Gasteiger partial charge in [-0.25, -0.2) is 0 Å². The molecule has 0 radical (unpaired) electrons. The van der Waals surface area contributed by atoms with E-state index in [2.05, 4.69) is 15.5 Å².